The fourth-order valence-corrected chi connectivity index (χ4v) is 5.95. The summed E-state index contributed by atoms with van der Waals surface area (Å²) < 4.78 is 38.1. The molecule has 2 aliphatic heterocycles. The van der Waals surface area contributed by atoms with E-state index in [4.69, 9.17) is 9.47 Å². The van der Waals surface area contributed by atoms with Gasteiger partial charge in [-0.05, 0) is 48.5 Å². The maximum Gasteiger partial charge on any atom is 0.243 e. The smallest absolute Gasteiger partial charge is 0.243 e. The van der Waals surface area contributed by atoms with Gasteiger partial charge in [-0.1, -0.05) is 0 Å². The molecule has 2 saturated heterocycles. The van der Waals surface area contributed by atoms with Gasteiger partial charge in [-0.2, -0.15) is 4.31 Å². The molecule has 2 aliphatic rings. The second kappa shape index (κ2) is 10.5. The van der Waals surface area contributed by atoms with Gasteiger partial charge in [-0.25, -0.2) is 8.42 Å². The molecule has 2 aromatic carbocycles. The Morgan fingerprint density at radius 2 is 1.49 bits per heavy atom. The molecule has 35 heavy (non-hydrogen) atoms. The molecule has 1 N–H and O–H groups in total. The Kier molecular flexibility index (Phi) is 7.46. The molecule has 2 heterocycles. The Balaban J connectivity index is 1.42. The maximum atomic E-state index is 13.3. The number of carbonyl (C=O) groups excluding carboxylic acids is 2. The molecule has 188 valence electrons. The Morgan fingerprint density at radius 1 is 0.914 bits per heavy atom. The van der Waals surface area contributed by atoms with Crippen molar-refractivity contribution < 1.29 is 27.5 Å². The van der Waals surface area contributed by atoms with Crippen LogP contribution in [-0.2, 0) is 19.6 Å². The van der Waals surface area contributed by atoms with Gasteiger partial charge < -0.3 is 24.6 Å². The molecule has 0 saturated carbocycles. The Morgan fingerprint density at radius 3 is 2.06 bits per heavy atom. The third kappa shape index (κ3) is 5.35. The van der Waals surface area contributed by atoms with Crippen molar-refractivity contribution in [2.75, 3.05) is 58.4 Å². The van der Waals surface area contributed by atoms with E-state index in [9.17, 15) is 18.0 Å². The molecule has 0 aromatic heterocycles. The number of hydrogen-bond donors (Lipinski definition) is 1. The zero-order valence-electron chi connectivity index (χ0n) is 19.8. The number of amides is 2. The molecular formula is C24H30N4O6S. The van der Waals surface area contributed by atoms with Gasteiger partial charge in [0, 0.05) is 45.0 Å². The summed E-state index contributed by atoms with van der Waals surface area (Å²) in [4.78, 5) is 29.7. The minimum Gasteiger partial charge on any atom is -0.497 e. The first kappa shape index (κ1) is 24.8. The molecule has 2 fully saturated rings. The highest BCUT2D eigenvalue weighted by Crippen LogP contribution is 2.25. The summed E-state index contributed by atoms with van der Waals surface area (Å²) in [7, 11) is -0.851. The molecule has 1 atom stereocenters. The van der Waals surface area contributed by atoms with Gasteiger partial charge in [0.1, 0.15) is 17.5 Å². The number of anilines is 1. The second-order valence-electron chi connectivity index (χ2n) is 8.37. The van der Waals surface area contributed by atoms with Crippen LogP contribution in [0.25, 0.3) is 0 Å². The van der Waals surface area contributed by atoms with Gasteiger partial charge in [0.25, 0.3) is 0 Å². The van der Waals surface area contributed by atoms with E-state index in [1.165, 1.54) is 19.2 Å². The van der Waals surface area contributed by atoms with Gasteiger partial charge in [0.05, 0.1) is 25.5 Å². The number of ether oxygens (including phenoxy) is 2. The highest BCUT2D eigenvalue weighted by Gasteiger charge is 2.40. The van der Waals surface area contributed by atoms with Crippen molar-refractivity contribution in [3.8, 4) is 11.5 Å². The van der Waals surface area contributed by atoms with Crippen LogP contribution in [0.3, 0.4) is 0 Å². The van der Waals surface area contributed by atoms with Crippen LogP contribution in [0.1, 0.15) is 6.42 Å². The first-order chi connectivity index (χ1) is 16.8. The van der Waals surface area contributed by atoms with Crippen LogP contribution in [0.5, 0.6) is 11.5 Å². The number of piperazine rings is 2. The Labute approximate surface area is 205 Å². The van der Waals surface area contributed by atoms with E-state index in [2.05, 4.69) is 10.2 Å². The lowest BCUT2D eigenvalue weighted by molar-refractivity contribution is -0.137. The molecule has 0 radical (unpaired) electrons. The molecule has 2 amide bonds. The monoisotopic (exact) mass is 502 g/mol. The summed E-state index contributed by atoms with van der Waals surface area (Å²) in [6.45, 7) is 2.56. The lowest BCUT2D eigenvalue weighted by Gasteiger charge is -2.38. The van der Waals surface area contributed by atoms with E-state index in [-0.39, 0.29) is 30.3 Å². The van der Waals surface area contributed by atoms with Crippen LogP contribution in [0, 0.1) is 0 Å². The van der Waals surface area contributed by atoms with E-state index >= 15 is 0 Å². The fraction of sp³-hybridized carbons (Fsp3) is 0.417. The van der Waals surface area contributed by atoms with Crippen molar-refractivity contribution >= 4 is 27.5 Å². The van der Waals surface area contributed by atoms with Crippen LogP contribution in [0.4, 0.5) is 5.69 Å². The predicted octanol–water partition coefficient (Wildman–Crippen LogP) is 0.932. The summed E-state index contributed by atoms with van der Waals surface area (Å²) in [5.74, 6) is 0.609. The van der Waals surface area contributed by atoms with Crippen molar-refractivity contribution in [1.29, 1.82) is 0 Å². The molecular weight excluding hydrogens is 472 g/mol. The number of rotatable bonds is 7. The number of methoxy groups -OCH3 is 2. The quantitative estimate of drug-likeness (QED) is 0.600. The number of nitrogens with one attached hydrogen (secondary N) is 1. The molecule has 2 aromatic rings. The lowest BCUT2D eigenvalue weighted by Crippen LogP contribution is -2.59. The average molecular weight is 503 g/mol. The molecule has 0 bridgehead atoms. The summed E-state index contributed by atoms with van der Waals surface area (Å²) in [5.41, 5.74) is 1.04. The zero-order chi connectivity index (χ0) is 25.0. The van der Waals surface area contributed by atoms with Gasteiger partial charge in [0.2, 0.25) is 21.8 Å². The molecule has 0 aliphatic carbocycles. The third-order valence-electron chi connectivity index (χ3n) is 6.39. The molecule has 0 unspecified atom stereocenters. The van der Waals surface area contributed by atoms with Crippen LogP contribution >= 0.6 is 0 Å². The number of benzene rings is 2. The minimum atomic E-state index is -3.97. The highest BCUT2D eigenvalue weighted by molar-refractivity contribution is 7.89. The zero-order valence-corrected chi connectivity index (χ0v) is 20.7. The van der Waals surface area contributed by atoms with Gasteiger partial charge >= 0.3 is 0 Å². The number of hydrogen-bond acceptors (Lipinski definition) is 7. The maximum absolute atomic E-state index is 13.3. The standard InChI is InChI=1S/C24H30N4O6S/c1-33-19-5-3-18(4-6-19)26-13-15-27(16-14-26)23(29)17-22-24(30)25-11-12-28(22)35(31,32)21-9-7-20(34-2)8-10-21/h3-10,22H,11-17H2,1-2H3,(H,25,30)/t22-/m0/s1. The minimum absolute atomic E-state index is 0.0542. The summed E-state index contributed by atoms with van der Waals surface area (Å²) in [5, 5.41) is 2.70. The summed E-state index contributed by atoms with van der Waals surface area (Å²) in [6, 6.07) is 12.6. The molecule has 11 heteroatoms. The van der Waals surface area contributed by atoms with Crippen molar-refractivity contribution in [2.24, 2.45) is 0 Å². The van der Waals surface area contributed by atoms with Crippen molar-refractivity contribution in [2.45, 2.75) is 17.4 Å². The van der Waals surface area contributed by atoms with Crippen molar-refractivity contribution in [3.05, 3.63) is 48.5 Å². The van der Waals surface area contributed by atoms with Gasteiger partial charge in [-0.3, -0.25) is 9.59 Å². The average Bonchev–Trinajstić information content (AvgIpc) is 2.90. The van der Waals surface area contributed by atoms with Crippen LogP contribution < -0.4 is 19.7 Å². The first-order valence-electron chi connectivity index (χ1n) is 11.4. The Hall–Kier alpha value is -3.31. The molecule has 4 rings (SSSR count). The van der Waals surface area contributed by atoms with Crippen molar-refractivity contribution in [1.82, 2.24) is 14.5 Å². The number of carbonyl (C=O) groups is 2. The van der Waals surface area contributed by atoms with E-state index in [0.717, 1.165) is 15.7 Å². The van der Waals surface area contributed by atoms with E-state index in [1.54, 1.807) is 24.1 Å². The highest BCUT2D eigenvalue weighted by atomic mass is 32.2. The van der Waals surface area contributed by atoms with Crippen LogP contribution in [0.15, 0.2) is 53.4 Å². The number of nitrogens with zero attached hydrogens (tertiary/aromatic N) is 3. The fourth-order valence-electron chi connectivity index (χ4n) is 4.36. The third-order valence-corrected chi connectivity index (χ3v) is 8.31. The molecule has 10 nitrogen and oxygen atoms in total. The van der Waals surface area contributed by atoms with Gasteiger partial charge in [0.15, 0.2) is 0 Å². The lowest BCUT2D eigenvalue weighted by atomic mass is 10.1. The first-order valence-corrected chi connectivity index (χ1v) is 12.9. The number of sulfonamides is 1. The summed E-state index contributed by atoms with van der Waals surface area (Å²) >= 11 is 0. The van der Waals surface area contributed by atoms with Crippen LogP contribution in [0.2, 0.25) is 0 Å². The van der Waals surface area contributed by atoms with Gasteiger partial charge in [-0.15, -0.1) is 0 Å². The predicted molar refractivity (Wildman–Crippen MR) is 130 cm³/mol. The largest absolute Gasteiger partial charge is 0.497 e. The SMILES string of the molecule is COc1ccc(N2CCN(C(=O)C[C@H]3C(=O)NCCN3S(=O)(=O)c3ccc(OC)cc3)CC2)cc1. The van der Waals surface area contributed by atoms with Crippen LogP contribution in [-0.4, -0.2) is 89.0 Å². The topological polar surface area (TPSA) is 108 Å². The summed E-state index contributed by atoms with van der Waals surface area (Å²) in [6.07, 6.45) is -0.205. The molecule has 0 spiro atoms. The van der Waals surface area contributed by atoms with E-state index in [1.807, 2.05) is 24.3 Å². The van der Waals surface area contributed by atoms with E-state index in [0.29, 0.717) is 31.9 Å². The van der Waals surface area contributed by atoms with Crippen molar-refractivity contribution in [3.63, 3.8) is 0 Å². The van der Waals surface area contributed by atoms with E-state index < -0.39 is 22.0 Å². The normalized spacial score (nSPS) is 19.3. The Bertz CT molecular complexity index is 1150. The second-order valence-corrected chi connectivity index (χ2v) is 10.3.